The van der Waals surface area contributed by atoms with E-state index >= 15 is 0 Å². The molecule has 0 spiro atoms. The van der Waals surface area contributed by atoms with Gasteiger partial charge >= 0.3 is 5.97 Å². The Hall–Kier alpha value is -1.71. The van der Waals surface area contributed by atoms with Crippen molar-refractivity contribution < 1.29 is 18.7 Å². The molecule has 0 bridgehead atoms. The van der Waals surface area contributed by atoms with Crippen LogP contribution in [0.15, 0.2) is 21.5 Å². The highest BCUT2D eigenvalue weighted by Crippen LogP contribution is 2.37. The fourth-order valence-electron chi connectivity index (χ4n) is 3.01. The number of methoxy groups -OCH3 is 1. The maximum atomic E-state index is 13.1. The summed E-state index contributed by atoms with van der Waals surface area (Å²) in [5, 5.41) is 0.436. The first kappa shape index (κ1) is 26.5. The normalized spacial score (nSPS) is 14.3. The van der Waals surface area contributed by atoms with Gasteiger partial charge in [0.25, 0.3) is 0 Å². The van der Waals surface area contributed by atoms with Crippen LogP contribution >= 0.6 is 15.9 Å². The summed E-state index contributed by atoms with van der Waals surface area (Å²) in [6.07, 6.45) is 1.55. The summed E-state index contributed by atoms with van der Waals surface area (Å²) in [6, 6.07) is 1.54. The van der Waals surface area contributed by atoms with Crippen molar-refractivity contribution in [2.75, 3.05) is 20.3 Å². The third-order valence-electron chi connectivity index (χ3n) is 6.39. The standard InChI is InChI=1S/C23H35BrN2O5Si/c1-10-30-22(28)17-12-26(15(3)14(2)13-31-32(8,9)23(4,5)6)20-16(19(17)27)11-18(24)21(25-20)29-7/h11-12,14-15H,10,13H2,1-9H3. The van der Waals surface area contributed by atoms with E-state index in [1.807, 2.05) is 11.5 Å². The monoisotopic (exact) mass is 526 g/mol. The molecule has 0 aromatic carbocycles. The Morgan fingerprint density at radius 1 is 1.28 bits per heavy atom. The van der Waals surface area contributed by atoms with Crippen LogP contribution in [0.5, 0.6) is 5.88 Å². The summed E-state index contributed by atoms with van der Waals surface area (Å²) in [6.45, 7) is 17.7. The summed E-state index contributed by atoms with van der Waals surface area (Å²) in [5.41, 5.74) is 0.0280. The van der Waals surface area contributed by atoms with E-state index in [1.54, 1.807) is 19.2 Å². The van der Waals surface area contributed by atoms with Gasteiger partial charge < -0.3 is 18.5 Å². The molecule has 0 saturated carbocycles. The minimum absolute atomic E-state index is 0.0115. The smallest absolute Gasteiger partial charge is 0.343 e. The third-order valence-corrected chi connectivity index (χ3v) is 11.5. The molecule has 0 fully saturated rings. The molecular weight excluding hydrogens is 492 g/mol. The molecule has 2 unspecified atom stereocenters. The topological polar surface area (TPSA) is 79.7 Å². The first-order chi connectivity index (χ1) is 14.7. The van der Waals surface area contributed by atoms with E-state index in [9.17, 15) is 9.59 Å². The van der Waals surface area contributed by atoms with Gasteiger partial charge in [0.15, 0.2) is 8.32 Å². The van der Waals surface area contributed by atoms with E-state index in [1.165, 1.54) is 7.11 Å². The van der Waals surface area contributed by atoms with Gasteiger partial charge in [-0.15, -0.1) is 0 Å². The van der Waals surface area contributed by atoms with E-state index in [2.05, 4.69) is 61.7 Å². The maximum Gasteiger partial charge on any atom is 0.343 e. The van der Waals surface area contributed by atoms with Crippen LogP contribution in [0.4, 0.5) is 0 Å². The summed E-state index contributed by atoms with van der Waals surface area (Å²) in [7, 11) is -0.393. The number of ether oxygens (including phenoxy) is 2. The number of hydrogen-bond acceptors (Lipinski definition) is 6. The fourth-order valence-corrected chi connectivity index (χ4v) is 4.60. The van der Waals surface area contributed by atoms with Gasteiger partial charge in [0.1, 0.15) is 11.2 Å². The van der Waals surface area contributed by atoms with Gasteiger partial charge in [0, 0.05) is 18.8 Å². The number of halogens is 1. The molecule has 2 aromatic heterocycles. The lowest BCUT2D eigenvalue weighted by molar-refractivity contribution is 0.0524. The minimum atomic E-state index is -1.91. The van der Waals surface area contributed by atoms with Gasteiger partial charge in [-0.3, -0.25) is 4.79 Å². The number of fused-ring (bicyclic) bond motifs is 1. The van der Waals surface area contributed by atoms with E-state index in [4.69, 9.17) is 13.9 Å². The molecule has 0 saturated heterocycles. The Balaban J connectivity index is 2.58. The van der Waals surface area contributed by atoms with Crippen LogP contribution in [0.2, 0.25) is 18.1 Å². The Bertz CT molecular complexity index is 1050. The molecule has 7 nitrogen and oxygen atoms in total. The van der Waals surface area contributed by atoms with Crippen molar-refractivity contribution in [1.82, 2.24) is 9.55 Å². The van der Waals surface area contributed by atoms with Crippen molar-refractivity contribution in [1.29, 1.82) is 0 Å². The molecule has 2 heterocycles. The van der Waals surface area contributed by atoms with E-state index in [-0.39, 0.29) is 29.2 Å². The Kier molecular flexibility index (Phi) is 8.34. The first-order valence-corrected chi connectivity index (χ1v) is 14.6. The van der Waals surface area contributed by atoms with Gasteiger partial charge in [-0.1, -0.05) is 27.7 Å². The number of aromatic nitrogens is 2. The molecule has 0 aliphatic rings. The zero-order chi connectivity index (χ0) is 24.4. The average Bonchev–Trinajstić information content (AvgIpc) is 2.71. The van der Waals surface area contributed by atoms with Crippen LogP contribution in [0, 0.1) is 5.92 Å². The van der Waals surface area contributed by atoms with Crippen molar-refractivity contribution in [2.45, 2.75) is 65.7 Å². The lowest BCUT2D eigenvalue weighted by atomic mass is 10.0. The maximum absolute atomic E-state index is 13.1. The highest BCUT2D eigenvalue weighted by molar-refractivity contribution is 9.10. The number of esters is 1. The number of hydrogen-bond donors (Lipinski definition) is 0. The lowest BCUT2D eigenvalue weighted by Gasteiger charge is -2.37. The molecule has 32 heavy (non-hydrogen) atoms. The molecule has 0 N–H and O–H groups in total. The summed E-state index contributed by atoms with van der Waals surface area (Å²) in [5.74, 6) is -0.175. The Morgan fingerprint density at radius 3 is 2.44 bits per heavy atom. The number of rotatable bonds is 8. The molecule has 0 radical (unpaired) electrons. The van der Waals surface area contributed by atoms with Crippen molar-refractivity contribution in [3.8, 4) is 5.88 Å². The van der Waals surface area contributed by atoms with Crippen molar-refractivity contribution in [3.63, 3.8) is 0 Å². The molecule has 0 aliphatic heterocycles. The molecular formula is C23H35BrN2O5Si. The second-order valence-electron chi connectivity index (χ2n) is 9.64. The largest absolute Gasteiger partial charge is 0.480 e. The van der Waals surface area contributed by atoms with Gasteiger partial charge in [-0.2, -0.15) is 4.98 Å². The fraction of sp³-hybridized carbons (Fsp3) is 0.609. The first-order valence-electron chi connectivity index (χ1n) is 10.9. The molecule has 178 valence electrons. The zero-order valence-corrected chi connectivity index (χ0v) is 23.1. The lowest BCUT2D eigenvalue weighted by Crippen LogP contribution is -2.42. The van der Waals surface area contributed by atoms with Gasteiger partial charge in [-0.25, -0.2) is 4.79 Å². The molecule has 2 rings (SSSR count). The summed E-state index contributed by atoms with van der Waals surface area (Å²) < 4.78 is 19.3. The Labute approximate surface area is 199 Å². The predicted molar refractivity (Wildman–Crippen MR) is 133 cm³/mol. The van der Waals surface area contributed by atoms with Crippen molar-refractivity contribution >= 4 is 41.3 Å². The van der Waals surface area contributed by atoms with Gasteiger partial charge in [0.05, 0.1) is 23.6 Å². The van der Waals surface area contributed by atoms with Crippen LogP contribution in [-0.2, 0) is 9.16 Å². The van der Waals surface area contributed by atoms with Crippen molar-refractivity contribution in [2.24, 2.45) is 5.92 Å². The van der Waals surface area contributed by atoms with Crippen LogP contribution in [0.25, 0.3) is 11.0 Å². The van der Waals surface area contributed by atoms with Crippen LogP contribution in [0.3, 0.4) is 0 Å². The van der Waals surface area contributed by atoms with E-state index < -0.39 is 19.7 Å². The number of carbonyl (C=O) groups excluding carboxylic acids is 1. The van der Waals surface area contributed by atoms with E-state index in [0.717, 1.165) is 0 Å². The van der Waals surface area contributed by atoms with Crippen LogP contribution < -0.4 is 10.2 Å². The zero-order valence-electron chi connectivity index (χ0n) is 20.5. The Morgan fingerprint density at radius 2 is 1.91 bits per heavy atom. The number of pyridine rings is 2. The molecule has 2 aromatic rings. The van der Waals surface area contributed by atoms with Gasteiger partial charge in [0.2, 0.25) is 11.3 Å². The molecule has 2 atom stereocenters. The number of carbonyl (C=O) groups is 1. The highest BCUT2D eigenvalue weighted by Gasteiger charge is 2.37. The SMILES string of the molecule is CCOC(=O)c1cn(C(C)C(C)CO[Si](C)(C)C(C)(C)C)c2nc(OC)c(Br)cc2c1=O. The highest BCUT2D eigenvalue weighted by atomic mass is 79.9. The molecule has 0 aliphatic carbocycles. The molecule has 0 amide bonds. The van der Waals surface area contributed by atoms with Crippen LogP contribution in [-0.4, -0.2) is 44.2 Å². The number of nitrogens with zero attached hydrogens (tertiary/aromatic N) is 2. The average molecular weight is 528 g/mol. The van der Waals surface area contributed by atoms with Crippen molar-refractivity contribution in [3.05, 3.63) is 32.5 Å². The third kappa shape index (κ3) is 5.43. The second-order valence-corrected chi connectivity index (χ2v) is 15.3. The summed E-state index contributed by atoms with van der Waals surface area (Å²) >= 11 is 3.39. The summed E-state index contributed by atoms with van der Waals surface area (Å²) in [4.78, 5) is 30.2. The predicted octanol–water partition coefficient (Wildman–Crippen LogP) is 5.56. The van der Waals surface area contributed by atoms with E-state index in [0.29, 0.717) is 28.0 Å². The van der Waals surface area contributed by atoms with Gasteiger partial charge in [-0.05, 0) is 59.9 Å². The minimum Gasteiger partial charge on any atom is -0.480 e. The quantitative estimate of drug-likeness (QED) is 0.330. The van der Waals surface area contributed by atoms with Crippen LogP contribution in [0.1, 0.15) is 57.9 Å². The second kappa shape index (κ2) is 10.1. The molecule has 9 heteroatoms.